The zero-order valence-electron chi connectivity index (χ0n) is 21.2. The summed E-state index contributed by atoms with van der Waals surface area (Å²) in [7, 11) is 1.56. The van der Waals surface area contributed by atoms with Gasteiger partial charge in [-0.05, 0) is 60.5 Å². The quantitative estimate of drug-likeness (QED) is 0.279. The van der Waals surface area contributed by atoms with E-state index < -0.39 is 0 Å². The smallest absolute Gasteiger partial charge is 0.257 e. The number of amides is 1. The standard InChI is InChI=1S/C29H31ClN2O3S/c1-6-32(28(36)31-27(34)19-11-14-21(15-12-19)29(2,3)4)22-16-13-20(26(18-22)35-5)17-25(33)23-9-7-8-10-24(23)30/h7-16,18H,6,17H2,1-5H3,(H,31,34,36). The number of halogens is 1. The molecule has 0 radical (unpaired) electrons. The maximum absolute atomic E-state index is 12.8. The summed E-state index contributed by atoms with van der Waals surface area (Å²) in [5.41, 5.74) is 3.64. The van der Waals surface area contributed by atoms with E-state index in [1.54, 1.807) is 36.3 Å². The fraction of sp³-hybridized carbons (Fsp3) is 0.276. The second-order valence-corrected chi connectivity index (χ2v) is 10.2. The van der Waals surface area contributed by atoms with Gasteiger partial charge in [-0.1, -0.05) is 62.7 Å². The summed E-state index contributed by atoms with van der Waals surface area (Å²) in [6, 6.07) is 20.0. The van der Waals surface area contributed by atoms with E-state index in [2.05, 4.69) is 26.1 Å². The van der Waals surface area contributed by atoms with E-state index in [0.29, 0.717) is 28.4 Å². The number of anilines is 1. The third-order valence-electron chi connectivity index (χ3n) is 5.90. The summed E-state index contributed by atoms with van der Waals surface area (Å²) in [6.45, 7) is 8.86. The van der Waals surface area contributed by atoms with Crippen molar-refractivity contribution in [3.63, 3.8) is 0 Å². The number of methoxy groups -OCH3 is 1. The molecule has 7 heteroatoms. The fourth-order valence-electron chi connectivity index (χ4n) is 3.80. The van der Waals surface area contributed by atoms with Crippen molar-refractivity contribution in [2.75, 3.05) is 18.6 Å². The molecule has 1 amide bonds. The molecule has 0 aliphatic carbocycles. The van der Waals surface area contributed by atoms with Crippen molar-refractivity contribution in [3.8, 4) is 5.75 Å². The van der Waals surface area contributed by atoms with Gasteiger partial charge in [0.25, 0.3) is 5.91 Å². The minimum Gasteiger partial charge on any atom is -0.496 e. The van der Waals surface area contributed by atoms with Gasteiger partial charge in [-0.3, -0.25) is 14.9 Å². The number of carbonyl (C=O) groups is 2. The third kappa shape index (κ3) is 6.50. The van der Waals surface area contributed by atoms with E-state index in [0.717, 1.165) is 16.8 Å². The van der Waals surface area contributed by atoms with E-state index in [-0.39, 0.29) is 28.6 Å². The summed E-state index contributed by atoms with van der Waals surface area (Å²) in [5.74, 6) is 0.186. The lowest BCUT2D eigenvalue weighted by molar-refractivity contribution is 0.0973. The van der Waals surface area contributed by atoms with Gasteiger partial charge >= 0.3 is 0 Å². The highest BCUT2D eigenvalue weighted by molar-refractivity contribution is 7.80. The average molecular weight is 523 g/mol. The molecule has 188 valence electrons. The Labute approximate surface area is 223 Å². The Morgan fingerprint density at radius 3 is 2.28 bits per heavy atom. The number of ketones is 1. The van der Waals surface area contributed by atoms with Gasteiger partial charge in [0.1, 0.15) is 5.75 Å². The molecular weight excluding hydrogens is 492 g/mol. The van der Waals surface area contributed by atoms with Gasteiger partial charge in [0.05, 0.1) is 12.1 Å². The highest BCUT2D eigenvalue weighted by atomic mass is 35.5. The molecule has 1 N–H and O–H groups in total. The third-order valence-corrected chi connectivity index (χ3v) is 6.55. The average Bonchev–Trinajstić information content (AvgIpc) is 2.85. The molecule has 0 aliphatic heterocycles. The summed E-state index contributed by atoms with van der Waals surface area (Å²) >= 11 is 11.7. The first-order chi connectivity index (χ1) is 17.0. The maximum atomic E-state index is 12.8. The lowest BCUT2D eigenvalue weighted by Crippen LogP contribution is -2.42. The predicted molar refractivity (Wildman–Crippen MR) is 151 cm³/mol. The van der Waals surface area contributed by atoms with Crippen LogP contribution < -0.4 is 15.0 Å². The van der Waals surface area contributed by atoms with Crippen LogP contribution in [0.3, 0.4) is 0 Å². The first-order valence-corrected chi connectivity index (χ1v) is 12.5. The molecule has 3 rings (SSSR count). The summed E-state index contributed by atoms with van der Waals surface area (Å²) in [6.07, 6.45) is 0.144. The van der Waals surface area contributed by atoms with Gasteiger partial charge in [0, 0.05) is 41.4 Å². The number of hydrogen-bond donors (Lipinski definition) is 1. The Morgan fingerprint density at radius 2 is 1.69 bits per heavy atom. The number of rotatable bonds is 7. The zero-order valence-corrected chi connectivity index (χ0v) is 22.8. The number of nitrogens with one attached hydrogen (secondary N) is 1. The summed E-state index contributed by atoms with van der Waals surface area (Å²) in [5, 5.41) is 3.53. The number of thiocarbonyl (C=S) groups is 1. The number of Topliss-reactive ketones (excluding diaryl/α,β-unsaturated/α-hetero) is 1. The molecule has 0 saturated heterocycles. The van der Waals surface area contributed by atoms with Gasteiger partial charge < -0.3 is 9.64 Å². The van der Waals surface area contributed by atoms with Crippen LogP contribution in [0, 0.1) is 0 Å². The topological polar surface area (TPSA) is 58.6 Å². The van der Waals surface area contributed by atoms with E-state index in [1.807, 2.05) is 49.4 Å². The van der Waals surface area contributed by atoms with Crippen LogP contribution in [0.2, 0.25) is 5.02 Å². The summed E-state index contributed by atoms with van der Waals surface area (Å²) in [4.78, 5) is 27.4. The number of ether oxygens (including phenoxy) is 1. The lowest BCUT2D eigenvalue weighted by atomic mass is 9.87. The van der Waals surface area contributed by atoms with Crippen molar-refractivity contribution in [2.24, 2.45) is 0 Å². The molecule has 0 saturated carbocycles. The van der Waals surface area contributed by atoms with Crippen LogP contribution in [-0.4, -0.2) is 30.5 Å². The summed E-state index contributed by atoms with van der Waals surface area (Å²) < 4.78 is 5.57. The normalized spacial score (nSPS) is 11.1. The highest BCUT2D eigenvalue weighted by Gasteiger charge is 2.19. The molecule has 0 aliphatic rings. The number of nitrogens with zero attached hydrogens (tertiary/aromatic N) is 1. The first kappa shape index (κ1) is 27.4. The van der Waals surface area contributed by atoms with Crippen molar-refractivity contribution in [3.05, 3.63) is 94.0 Å². The predicted octanol–water partition coefficient (Wildman–Crippen LogP) is 6.61. The Hall–Kier alpha value is -3.22. The molecule has 0 spiro atoms. The Bertz CT molecular complexity index is 1270. The minimum absolute atomic E-state index is 0.00645. The SMILES string of the molecule is CCN(C(=S)NC(=O)c1ccc(C(C)(C)C)cc1)c1ccc(CC(=O)c2ccccc2Cl)c(OC)c1. The second kappa shape index (κ2) is 11.7. The molecule has 0 aromatic heterocycles. The van der Waals surface area contributed by atoms with Gasteiger partial charge in [0.2, 0.25) is 0 Å². The van der Waals surface area contributed by atoms with Crippen LogP contribution >= 0.6 is 23.8 Å². The van der Waals surface area contributed by atoms with Crippen LogP contribution in [0.25, 0.3) is 0 Å². The van der Waals surface area contributed by atoms with Gasteiger partial charge in [-0.25, -0.2) is 0 Å². The van der Waals surface area contributed by atoms with Gasteiger partial charge in [-0.15, -0.1) is 0 Å². The zero-order chi connectivity index (χ0) is 26.5. The lowest BCUT2D eigenvalue weighted by Gasteiger charge is -2.25. The van der Waals surface area contributed by atoms with Crippen molar-refractivity contribution < 1.29 is 14.3 Å². The van der Waals surface area contributed by atoms with Crippen LogP contribution in [0.4, 0.5) is 5.69 Å². The second-order valence-electron chi connectivity index (χ2n) is 9.41. The van der Waals surface area contributed by atoms with Gasteiger partial charge in [-0.2, -0.15) is 0 Å². The molecule has 0 bridgehead atoms. The van der Waals surface area contributed by atoms with E-state index in [4.69, 9.17) is 28.6 Å². The van der Waals surface area contributed by atoms with Crippen LogP contribution in [0.1, 0.15) is 59.5 Å². The van der Waals surface area contributed by atoms with Gasteiger partial charge in [0.15, 0.2) is 10.9 Å². The van der Waals surface area contributed by atoms with Crippen molar-refractivity contribution in [1.29, 1.82) is 0 Å². The Kier molecular flexibility index (Phi) is 8.88. The van der Waals surface area contributed by atoms with Crippen molar-refractivity contribution in [1.82, 2.24) is 5.32 Å². The molecule has 0 atom stereocenters. The van der Waals surface area contributed by atoms with E-state index >= 15 is 0 Å². The number of hydrogen-bond acceptors (Lipinski definition) is 4. The maximum Gasteiger partial charge on any atom is 0.257 e. The number of carbonyl (C=O) groups excluding carboxylic acids is 2. The highest BCUT2D eigenvalue weighted by Crippen LogP contribution is 2.28. The molecule has 0 unspecified atom stereocenters. The van der Waals surface area contributed by atoms with E-state index in [1.165, 1.54) is 0 Å². The number of benzene rings is 3. The van der Waals surface area contributed by atoms with Crippen LogP contribution in [-0.2, 0) is 11.8 Å². The van der Waals surface area contributed by atoms with Crippen molar-refractivity contribution >= 4 is 46.3 Å². The molecule has 0 fully saturated rings. The minimum atomic E-state index is -0.271. The van der Waals surface area contributed by atoms with Crippen molar-refractivity contribution in [2.45, 2.75) is 39.5 Å². The Balaban J connectivity index is 1.75. The fourth-order valence-corrected chi connectivity index (χ4v) is 4.37. The Morgan fingerprint density at radius 1 is 1.03 bits per heavy atom. The monoisotopic (exact) mass is 522 g/mol. The van der Waals surface area contributed by atoms with Crippen LogP contribution in [0.15, 0.2) is 66.7 Å². The molecule has 5 nitrogen and oxygen atoms in total. The molecule has 36 heavy (non-hydrogen) atoms. The molecular formula is C29H31ClN2O3S. The first-order valence-electron chi connectivity index (χ1n) is 11.7. The molecule has 3 aromatic carbocycles. The van der Waals surface area contributed by atoms with E-state index in [9.17, 15) is 9.59 Å². The largest absolute Gasteiger partial charge is 0.496 e. The molecule has 0 heterocycles. The molecule has 3 aromatic rings. The van der Waals surface area contributed by atoms with Crippen LogP contribution in [0.5, 0.6) is 5.75 Å².